The summed E-state index contributed by atoms with van der Waals surface area (Å²) >= 11 is 1.72. The molecule has 1 amide bonds. The summed E-state index contributed by atoms with van der Waals surface area (Å²) in [4.78, 5) is 17.2. The molecule has 0 N–H and O–H groups in total. The molecule has 2 aromatic carbocycles. The fourth-order valence-corrected chi connectivity index (χ4v) is 7.03. The quantitative estimate of drug-likeness (QED) is 0.453. The van der Waals surface area contributed by atoms with Crippen molar-refractivity contribution in [3.63, 3.8) is 0 Å². The van der Waals surface area contributed by atoms with Gasteiger partial charge in [-0.25, -0.2) is 8.42 Å². The van der Waals surface area contributed by atoms with Crippen LogP contribution in [0.5, 0.6) is 0 Å². The number of fused-ring (bicyclic) bond motifs is 1. The molecular weight excluding hydrogens is 464 g/mol. The number of carbonyl (C=O) groups excluding carboxylic acids is 1. The lowest BCUT2D eigenvalue weighted by Crippen LogP contribution is -2.47. The van der Waals surface area contributed by atoms with Crippen molar-refractivity contribution in [2.24, 2.45) is 5.92 Å². The number of hydrogen-bond acceptors (Lipinski definition) is 4. The standard InChI is InChI=1S/C27H32N2O3S2/c1-19(2)17-28(34(31,32)22-11-9-20(3)10-12-22)18-26(30)29-15-13-25-24(14-16-33-25)27(29)23-8-6-5-7-21(23)4/h5-12,14,16,19,27H,13,15,17-18H2,1-4H3. The molecule has 0 radical (unpaired) electrons. The molecule has 0 saturated heterocycles. The Hall–Kier alpha value is -2.48. The van der Waals surface area contributed by atoms with E-state index in [-0.39, 0.29) is 35.9 Å². The highest BCUT2D eigenvalue weighted by Crippen LogP contribution is 2.39. The fourth-order valence-electron chi connectivity index (χ4n) is 4.57. The Morgan fingerprint density at radius 2 is 1.76 bits per heavy atom. The van der Waals surface area contributed by atoms with Crippen molar-refractivity contribution in [1.82, 2.24) is 9.21 Å². The van der Waals surface area contributed by atoms with Crippen LogP contribution in [0.25, 0.3) is 0 Å². The van der Waals surface area contributed by atoms with Crippen LogP contribution >= 0.6 is 11.3 Å². The Morgan fingerprint density at radius 1 is 1.06 bits per heavy atom. The maximum absolute atomic E-state index is 13.8. The average molecular weight is 497 g/mol. The molecular formula is C27H32N2O3S2. The van der Waals surface area contributed by atoms with Crippen molar-refractivity contribution in [2.45, 2.75) is 45.1 Å². The first-order valence-corrected chi connectivity index (χ1v) is 14.0. The van der Waals surface area contributed by atoms with Crippen molar-refractivity contribution < 1.29 is 13.2 Å². The Balaban J connectivity index is 1.68. The third-order valence-corrected chi connectivity index (χ3v) is 9.13. The van der Waals surface area contributed by atoms with Crippen LogP contribution in [-0.4, -0.2) is 43.2 Å². The zero-order chi connectivity index (χ0) is 24.5. The summed E-state index contributed by atoms with van der Waals surface area (Å²) in [6.45, 7) is 8.61. The largest absolute Gasteiger partial charge is 0.330 e. The zero-order valence-corrected chi connectivity index (χ0v) is 21.8. The summed E-state index contributed by atoms with van der Waals surface area (Å²) in [6.07, 6.45) is 0.788. The molecule has 0 spiro atoms. The van der Waals surface area contributed by atoms with E-state index in [0.717, 1.165) is 28.7 Å². The molecule has 180 valence electrons. The average Bonchev–Trinajstić information content (AvgIpc) is 3.27. The van der Waals surface area contributed by atoms with Gasteiger partial charge in [-0.1, -0.05) is 55.8 Å². The maximum atomic E-state index is 13.8. The predicted octanol–water partition coefficient (Wildman–Crippen LogP) is 5.19. The fraction of sp³-hybridized carbons (Fsp3) is 0.370. The topological polar surface area (TPSA) is 57.7 Å². The number of rotatable bonds is 7. The van der Waals surface area contributed by atoms with Gasteiger partial charge in [-0.3, -0.25) is 4.79 Å². The van der Waals surface area contributed by atoms with Gasteiger partial charge in [0, 0.05) is 18.0 Å². The van der Waals surface area contributed by atoms with E-state index in [1.807, 2.05) is 37.8 Å². The Labute approximate surface area is 207 Å². The molecule has 7 heteroatoms. The SMILES string of the molecule is Cc1ccc(S(=O)(=O)N(CC(=O)N2CCc3sccc3C2c2ccccc2C)CC(C)C)cc1. The van der Waals surface area contributed by atoms with Crippen molar-refractivity contribution >= 4 is 27.3 Å². The predicted molar refractivity (Wildman–Crippen MR) is 138 cm³/mol. The summed E-state index contributed by atoms with van der Waals surface area (Å²) < 4.78 is 28.4. The molecule has 1 aliphatic rings. The zero-order valence-electron chi connectivity index (χ0n) is 20.2. The smallest absolute Gasteiger partial charge is 0.243 e. The summed E-state index contributed by atoms with van der Waals surface area (Å²) in [5, 5.41) is 2.08. The molecule has 34 heavy (non-hydrogen) atoms. The van der Waals surface area contributed by atoms with Crippen molar-refractivity contribution in [1.29, 1.82) is 0 Å². The molecule has 4 rings (SSSR count). The van der Waals surface area contributed by atoms with Crippen LogP contribution in [-0.2, 0) is 21.2 Å². The molecule has 0 bridgehead atoms. The summed E-state index contributed by atoms with van der Waals surface area (Å²) in [5.74, 6) is -0.0774. The van der Waals surface area contributed by atoms with Gasteiger partial charge in [0.2, 0.25) is 15.9 Å². The lowest BCUT2D eigenvalue weighted by atomic mass is 9.90. The Kier molecular flexibility index (Phi) is 7.26. The van der Waals surface area contributed by atoms with Gasteiger partial charge in [0.05, 0.1) is 17.5 Å². The van der Waals surface area contributed by atoms with Crippen molar-refractivity contribution in [3.8, 4) is 0 Å². The van der Waals surface area contributed by atoms with Crippen LogP contribution in [0.15, 0.2) is 64.9 Å². The second-order valence-electron chi connectivity index (χ2n) is 9.40. The van der Waals surface area contributed by atoms with E-state index in [9.17, 15) is 13.2 Å². The Bertz CT molecular complexity index is 1260. The highest BCUT2D eigenvalue weighted by atomic mass is 32.2. The van der Waals surface area contributed by atoms with E-state index in [1.54, 1.807) is 35.6 Å². The van der Waals surface area contributed by atoms with Gasteiger partial charge in [0.25, 0.3) is 0 Å². The second-order valence-corrected chi connectivity index (χ2v) is 12.3. The third-order valence-electron chi connectivity index (χ3n) is 6.31. The number of carbonyl (C=O) groups is 1. The molecule has 0 saturated carbocycles. The lowest BCUT2D eigenvalue weighted by Gasteiger charge is -2.38. The normalized spacial score (nSPS) is 16.2. The molecule has 3 aromatic rings. The molecule has 0 fully saturated rings. The molecule has 0 aliphatic carbocycles. The minimum atomic E-state index is -3.80. The lowest BCUT2D eigenvalue weighted by molar-refractivity contribution is -0.133. The summed E-state index contributed by atoms with van der Waals surface area (Å²) in [7, 11) is -3.80. The number of hydrogen-bond donors (Lipinski definition) is 0. The van der Waals surface area contributed by atoms with E-state index in [4.69, 9.17) is 0 Å². The van der Waals surface area contributed by atoms with Gasteiger partial charge < -0.3 is 4.90 Å². The van der Waals surface area contributed by atoms with Gasteiger partial charge in [-0.2, -0.15) is 4.31 Å². The maximum Gasteiger partial charge on any atom is 0.243 e. The number of benzene rings is 2. The van der Waals surface area contributed by atoms with Gasteiger partial charge in [0.1, 0.15) is 0 Å². The Morgan fingerprint density at radius 3 is 2.44 bits per heavy atom. The number of aryl methyl sites for hydroxylation is 2. The second kappa shape index (κ2) is 10.0. The molecule has 1 aromatic heterocycles. The molecule has 5 nitrogen and oxygen atoms in total. The molecule has 1 unspecified atom stereocenters. The van der Waals surface area contributed by atoms with Crippen LogP contribution in [0.4, 0.5) is 0 Å². The van der Waals surface area contributed by atoms with E-state index < -0.39 is 10.0 Å². The van der Waals surface area contributed by atoms with Crippen LogP contribution in [0.1, 0.15) is 47.0 Å². The van der Waals surface area contributed by atoms with Crippen LogP contribution in [0.2, 0.25) is 0 Å². The minimum absolute atomic E-state index is 0.0880. The van der Waals surface area contributed by atoms with E-state index in [1.165, 1.54) is 9.18 Å². The highest BCUT2D eigenvalue weighted by molar-refractivity contribution is 7.89. The summed E-state index contributed by atoms with van der Waals surface area (Å²) in [5.41, 5.74) is 4.35. The van der Waals surface area contributed by atoms with Gasteiger partial charge in [-0.05, 0) is 66.5 Å². The molecule has 2 heterocycles. The number of thiophene rings is 1. The first-order chi connectivity index (χ1) is 16.2. The van der Waals surface area contributed by atoms with Gasteiger partial charge >= 0.3 is 0 Å². The monoisotopic (exact) mass is 496 g/mol. The molecule has 1 atom stereocenters. The van der Waals surface area contributed by atoms with Gasteiger partial charge in [0.15, 0.2) is 0 Å². The number of nitrogens with zero attached hydrogens (tertiary/aromatic N) is 2. The summed E-state index contributed by atoms with van der Waals surface area (Å²) in [6, 6.07) is 16.9. The van der Waals surface area contributed by atoms with E-state index in [2.05, 4.69) is 30.5 Å². The minimum Gasteiger partial charge on any atom is -0.330 e. The van der Waals surface area contributed by atoms with E-state index >= 15 is 0 Å². The number of amides is 1. The van der Waals surface area contributed by atoms with Crippen LogP contribution < -0.4 is 0 Å². The highest BCUT2D eigenvalue weighted by Gasteiger charge is 2.36. The van der Waals surface area contributed by atoms with E-state index in [0.29, 0.717) is 6.54 Å². The van der Waals surface area contributed by atoms with Crippen molar-refractivity contribution in [3.05, 3.63) is 87.1 Å². The third kappa shape index (κ3) is 4.97. The first kappa shape index (κ1) is 24.6. The molecule has 1 aliphatic heterocycles. The van der Waals surface area contributed by atoms with Crippen molar-refractivity contribution in [2.75, 3.05) is 19.6 Å². The number of sulfonamides is 1. The van der Waals surface area contributed by atoms with Gasteiger partial charge in [-0.15, -0.1) is 11.3 Å². The van der Waals surface area contributed by atoms with Crippen LogP contribution in [0, 0.1) is 19.8 Å². The van der Waals surface area contributed by atoms with Crippen LogP contribution in [0.3, 0.4) is 0 Å². The first-order valence-electron chi connectivity index (χ1n) is 11.7.